The van der Waals surface area contributed by atoms with Gasteiger partial charge in [-0.1, -0.05) is 24.3 Å². The van der Waals surface area contributed by atoms with E-state index in [2.05, 4.69) is 33.9 Å². The van der Waals surface area contributed by atoms with Gasteiger partial charge in [0.2, 0.25) is 10.0 Å². The molecule has 0 saturated carbocycles. The molecule has 4 heterocycles. The summed E-state index contributed by atoms with van der Waals surface area (Å²) in [5, 5.41) is 3.89. The van der Waals surface area contributed by atoms with Crippen LogP contribution in [-0.2, 0) is 27.7 Å². The van der Waals surface area contributed by atoms with Gasteiger partial charge >= 0.3 is 5.97 Å². The molecule has 0 aliphatic carbocycles. The minimum absolute atomic E-state index is 0.264. The number of nitrogens with zero attached hydrogens (tertiary/aromatic N) is 4. The van der Waals surface area contributed by atoms with Crippen LogP contribution in [0.5, 0.6) is 0 Å². The third kappa shape index (κ3) is 5.68. The number of piperidine rings is 1. The van der Waals surface area contributed by atoms with Crippen molar-refractivity contribution in [1.29, 1.82) is 0 Å². The zero-order valence-corrected chi connectivity index (χ0v) is 23.6. The SMILES string of the molecule is CCc1nc2ccc(C3CCN(S(C)(=O)=O)CC3)cn2c1CNc1nc(-c2ccc(F)cc2)c(C(=O)OC)s1. The molecule has 0 unspecified atom stereocenters. The largest absolute Gasteiger partial charge is 0.465 e. The fourth-order valence-corrected chi connectivity index (χ4v) is 6.76. The molecule has 1 aliphatic rings. The van der Waals surface area contributed by atoms with Crippen molar-refractivity contribution < 1.29 is 22.3 Å². The summed E-state index contributed by atoms with van der Waals surface area (Å²) in [5.74, 6) is -0.608. The molecule has 0 atom stereocenters. The number of fused-ring (bicyclic) bond motifs is 1. The van der Waals surface area contributed by atoms with E-state index in [1.807, 2.05) is 6.07 Å². The lowest BCUT2D eigenvalue weighted by Gasteiger charge is -2.30. The van der Waals surface area contributed by atoms with Gasteiger partial charge in [0, 0.05) is 24.8 Å². The lowest BCUT2D eigenvalue weighted by Crippen LogP contribution is -2.37. The first-order valence-corrected chi connectivity index (χ1v) is 15.4. The average molecular weight is 572 g/mol. The highest BCUT2D eigenvalue weighted by Crippen LogP contribution is 2.33. The number of pyridine rings is 1. The maximum absolute atomic E-state index is 13.5. The first-order chi connectivity index (χ1) is 18.7. The third-order valence-electron chi connectivity index (χ3n) is 7.08. The number of nitrogens with one attached hydrogen (secondary N) is 1. The van der Waals surface area contributed by atoms with Crippen molar-refractivity contribution in [1.82, 2.24) is 18.7 Å². The normalized spacial score (nSPS) is 15.1. The van der Waals surface area contributed by atoms with E-state index in [1.54, 1.807) is 16.4 Å². The topological polar surface area (TPSA) is 106 Å². The van der Waals surface area contributed by atoms with Gasteiger partial charge in [0.15, 0.2) is 5.13 Å². The standard InChI is InChI=1S/C27H30FN5O4S2/c1-4-21-22(15-29-27-31-24(25(38-27)26(34)37-2)18-5-8-20(28)9-6-18)33-16-19(7-10-23(33)30-21)17-11-13-32(14-12-17)39(3,35)36/h5-10,16-17H,4,11-15H2,1-3H3,(H,29,31). The molecule has 9 nitrogen and oxygen atoms in total. The molecular formula is C27H30FN5O4S2. The number of aryl methyl sites for hydroxylation is 1. The highest BCUT2D eigenvalue weighted by atomic mass is 32.2. The van der Waals surface area contributed by atoms with E-state index >= 15 is 0 Å². The molecule has 12 heteroatoms. The summed E-state index contributed by atoms with van der Waals surface area (Å²) in [6.45, 7) is 3.52. The Morgan fingerprint density at radius 2 is 1.87 bits per heavy atom. The number of thiazole rings is 1. The molecule has 206 valence electrons. The smallest absolute Gasteiger partial charge is 0.350 e. The van der Waals surface area contributed by atoms with E-state index in [1.165, 1.54) is 36.8 Å². The van der Waals surface area contributed by atoms with Gasteiger partial charge in [-0.2, -0.15) is 0 Å². The van der Waals surface area contributed by atoms with Crippen LogP contribution in [0, 0.1) is 5.82 Å². The van der Waals surface area contributed by atoms with Crippen molar-refractivity contribution in [3.05, 3.63) is 70.2 Å². The fourth-order valence-electron chi connectivity index (χ4n) is 4.98. The minimum atomic E-state index is -3.18. The van der Waals surface area contributed by atoms with Crippen LogP contribution >= 0.6 is 11.3 Å². The lowest BCUT2D eigenvalue weighted by atomic mass is 9.91. The van der Waals surface area contributed by atoms with Crippen molar-refractivity contribution in [2.45, 2.75) is 38.6 Å². The first-order valence-electron chi connectivity index (χ1n) is 12.7. The second-order valence-corrected chi connectivity index (χ2v) is 12.5. The van der Waals surface area contributed by atoms with Gasteiger partial charge in [0.1, 0.15) is 16.3 Å². The Labute approximate surface area is 230 Å². The summed E-state index contributed by atoms with van der Waals surface area (Å²) in [6.07, 6.45) is 5.64. The Morgan fingerprint density at radius 1 is 1.15 bits per heavy atom. The van der Waals surface area contributed by atoms with Crippen LogP contribution in [0.3, 0.4) is 0 Å². The Kier molecular flexibility index (Phi) is 7.70. The number of benzene rings is 1. The maximum atomic E-state index is 13.5. The Hall–Kier alpha value is -3.35. The molecular weight excluding hydrogens is 541 g/mol. The van der Waals surface area contributed by atoms with Gasteiger partial charge in [0.25, 0.3) is 0 Å². The third-order valence-corrected chi connectivity index (χ3v) is 9.37. The monoisotopic (exact) mass is 571 g/mol. The van der Waals surface area contributed by atoms with E-state index < -0.39 is 16.0 Å². The van der Waals surface area contributed by atoms with Crippen molar-refractivity contribution in [3.8, 4) is 11.3 Å². The van der Waals surface area contributed by atoms with Crippen LogP contribution in [0.15, 0.2) is 42.6 Å². The van der Waals surface area contributed by atoms with Crippen LogP contribution in [0.25, 0.3) is 16.9 Å². The molecule has 1 aliphatic heterocycles. The molecule has 4 aromatic rings. The molecule has 39 heavy (non-hydrogen) atoms. The van der Waals surface area contributed by atoms with E-state index in [-0.39, 0.29) is 11.7 Å². The summed E-state index contributed by atoms with van der Waals surface area (Å²) >= 11 is 1.19. The van der Waals surface area contributed by atoms with E-state index in [0.29, 0.717) is 40.9 Å². The molecule has 0 bridgehead atoms. The number of carbonyl (C=O) groups excluding carboxylic acids is 1. The second kappa shape index (κ2) is 11.0. The van der Waals surface area contributed by atoms with Crippen molar-refractivity contribution in [2.75, 3.05) is 31.8 Å². The van der Waals surface area contributed by atoms with Gasteiger partial charge in [-0.15, -0.1) is 0 Å². The van der Waals surface area contributed by atoms with Gasteiger partial charge in [-0.25, -0.2) is 31.9 Å². The molecule has 1 aromatic carbocycles. The number of hydrogen-bond donors (Lipinski definition) is 1. The van der Waals surface area contributed by atoms with Crippen molar-refractivity contribution >= 4 is 38.1 Å². The molecule has 1 saturated heterocycles. The highest BCUT2D eigenvalue weighted by Gasteiger charge is 2.26. The Bertz CT molecular complexity index is 1610. The number of esters is 1. The zero-order valence-electron chi connectivity index (χ0n) is 22.0. The molecule has 0 amide bonds. The Morgan fingerprint density at radius 3 is 2.51 bits per heavy atom. The summed E-state index contributed by atoms with van der Waals surface area (Å²) in [5.41, 5.74) is 4.99. The fraction of sp³-hybridized carbons (Fsp3) is 0.370. The molecule has 1 N–H and O–H groups in total. The first kappa shape index (κ1) is 27.2. The quantitative estimate of drug-likeness (QED) is 0.306. The van der Waals surface area contributed by atoms with Crippen LogP contribution in [0.2, 0.25) is 0 Å². The summed E-state index contributed by atoms with van der Waals surface area (Å²) < 4.78 is 45.9. The van der Waals surface area contributed by atoms with Crippen LogP contribution in [-0.4, -0.2) is 59.5 Å². The minimum Gasteiger partial charge on any atom is -0.465 e. The summed E-state index contributed by atoms with van der Waals surface area (Å²) in [6, 6.07) is 9.92. The van der Waals surface area contributed by atoms with Crippen molar-refractivity contribution in [2.24, 2.45) is 0 Å². The number of imidazole rings is 1. The molecule has 0 radical (unpaired) electrons. The number of methoxy groups -OCH3 is 1. The van der Waals surface area contributed by atoms with Crippen LogP contribution < -0.4 is 5.32 Å². The number of hydrogen-bond acceptors (Lipinski definition) is 8. The zero-order chi connectivity index (χ0) is 27.7. The molecule has 3 aromatic heterocycles. The number of carbonyl (C=O) groups is 1. The number of ether oxygens (including phenoxy) is 1. The molecule has 1 fully saturated rings. The number of rotatable bonds is 8. The average Bonchev–Trinajstić information content (AvgIpc) is 3.52. The molecule has 0 spiro atoms. The number of aromatic nitrogens is 3. The number of sulfonamides is 1. The van der Waals surface area contributed by atoms with Crippen LogP contribution in [0.4, 0.5) is 9.52 Å². The van der Waals surface area contributed by atoms with Gasteiger partial charge in [-0.3, -0.25) is 0 Å². The van der Waals surface area contributed by atoms with Gasteiger partial charge in [-0.05, 0) is 61.1 Å². The van der Waals surface area contributed by atoms with E-state index in [4.69, 9.17) is 9.72 Å². The second-order valence-electron chi connectivity index (χ2n) is 9.53. The highest BCUT2D eigenvalue weighted by molar-refractivity contribution is 7.88. The maximum Gasteiger partial charge on any atom is 0.350 e. The van der Waals surface area contributed by atoms with Gasteiger partial charge < -0.3 is 14.5 Å². The van der Waals surface area contributed by atoms with Gasteiger partial charge in [0.05, 0.1) is 37.0 Å². The summed E-state index contributed by atoms with van der Waals surface area (Å²) in [7, 11) is -1.86. The van der Waals surface area contributed by atoms with Crippen LogP contribution in [0.1, 0.15) is 52.3 Å². The summed E-state index contributed by atoms with van der Waals surface area (Å²) in [4.78, 5) is 22.2. The molecule has 5 rings (SSSR count). The lowest BCUT2D eigenvalue weighted by molar-refractivity contribution is 0.0607. The number of halogens is 1. The predicted molar refractivity (Wildman–Crippen MR) is 149 cm³/mol. The predicted octanol–water partition coefficient (Wildman–Crippen LogP) is 4.70. The van der Waals surface area contributed by atoms with E-state index in [9.17, 15) is 17.6 Å². The Balaban J connectivity index is 1.41. The number of anilines is 1. The van der Waals surface area contributed by atoms with E-state index in [0.717, 1.165) is 41.9 Å². The van der Waals surface area contributed by atoms with Crippen molar-refractivity contribution in [3.63, 3.8) is 0 Å².